The predicted octanol–water partition coefficient (Wildman–Crippen LogP) is 4.13. The number of primary amides is 1. The van der Waals surface area contributed by atoms with Gasteiger partial charge in [0.2, 0.25) is 59.1 Å². The van der Waals surface area contributed by atoms with Crippen LogP contribution in [-0.2, 0) is 90.9 Å². The molecule has 10 amide bonds. The largest absolute Gasteiger partial charge is 0.508 e. The number of phenols is 1. The summed E-state index contributed by atoms with van der Waals surface area (Å²) in [6, 6.07) is 16.6. The summed E-state index contributed by atoms with van der Waals surface area (Å²) >= 11 is 0. The third-order valence-corrected chi connectivity index (χ3v) is 19.8. The second-order valence-corrected chi connectivity index (χ2v) is 30.2. The maximum atomic E-state index is 15.2. The number of carbonyl (C=O) groups excluding carboxylic acids is 10. The van der Waals surface area contributed by atoms with E-state index in [4.69, 9.17) is 47.6 Å². The Bertz CT molecular complexity index is 3790. The van der Waals surface area contributed by atoms with Crippen molar-refractivity contribution in [1.82, 2.24) is 47.4 Å². The van der Waals surface area contributed by atoms with Crippen LogP contribution in [0.1, 0.15) is 185 Å². The molecule has 0 unspecified atom stereocenters. The van der Waals surface area contributed by atoms with E-state index in [1.54, 1.807) is 42.5 Å². The summed E-state index contributed by atoms with van der Waals surface area (Å²) in [5, 5.41) is 43.7. The highest BCUT2D eigenvalue weighted by molar-refractivity contribution is 5.99. The zero-order chi connectivity index (χ0) is 85.8. The van der Waals surface area contributed by atoms with Crippen molar-refractivity contribution in [2.45, 2.75) is 236 Å². The second-order valence-electron chi connectivity index (χ2n) is 30.2. The van der Waals surface area contributed by atoms with Gasteiger partial charge in [-0.25, -0.2) is 4.79 Å². The molecule has 1 heterocycles. The number of benzene rings is 4. The second kappa shape index (κ2) is 56.8. The molecular weight excluding hydrogens is 1520 g/mol. The van der Waals surface area contributed by atoms with E-state index in [0.717, 1.165) is 23.6 Å². The van der Waals surface area contributed by atoms with Crippen LogP contribution in [0.3, 0.4) is 0 Å². The summed E-state index contributed by atoms with van der Waals surface area (Å²) in [4.78, 5) is 162. The number of aliphatic carboxylic acids is 1. The molecule has 4 aromatic carbocycles. The summed E-state index contributed by atoms with van der Waals surface area (Å²) in [6.07, 6.45) is 16.1. The predicted molar refractivity (Wildman–Crippen MR) is 450 cm³/mol. The van der Waals surface area contributed by atoms with Crippen LogP contribution in [0.4, 0.5) is 0 Å². The average molecular weight is 1650 g/mol. The van der Waals surface area contributed by atoms with Crippen molar-refractivity contribution in [3.05, 3.63) is 114 Å². The highest BCUT2D eigenvalue weighted by Crippen LogP contribution is 2.23. The van der Waals surface area contributed by atoms with Gasteiger partial charge >= 0.3 is 5.97 Å². The SMILES string of the molecule is CCCCCCCCCCCCCCCC(=O)NCCOCCOCCOCCOCCC(=O)N[C@@H](Cc1ccc(O)cc1)C(=O)N[C@@H](Cc1ccc2ccccc2c1)C(=O)N[C@@H](CC(C)C)C(=O)N[C@@H](Cc1ccccc1)C(=O)N[C@@H](CCCN=C(N)N)C(=O)N1CCC[C@H]1C(=O)N[C@@H](CCCN=C(N)N)C(=O)N[C@@H](CC(N)=O)C(=O)O. The van der Waals surface area contributed by atoms with Crippen molar-refractivity contribution in [2.24, 2.45) is 44.6 Å². The number of likely N-dealkylation sites (tertiary alicyclic amines) is 1. The Morgan fingerprint density at radius 3 is 1.47 bits per heavy atom. The number of carboxylic acids is 1. The Kier molecular flexibility index (Phi) is 47.2. The zero-order valence-corrected chi connectivity index (χ0v) is 69.1. The molecule has 1 aliphatic heterocycles. The molecule has 20 N–H and O–H groups in total. The molecule has 1 aliphatic rings. The first-order valence-corrected chi connectivity index (χ1v) is 41.7. The van der Waals surface area contributed by atoms with Crippen LogP contribution >= 0.6 is 0 Å². The van der Waals surface area contributed by atoms with Crippen molar-refractivity contribution in [1.29, 1.82) is 0 Å². The third-order valence-electron chi connectivity index (χ3n) is 19.8. The van der Waals surface area contributed by atoms with Crippen molar-refractivity contribution in [2.75, 3.05) is 79.0 Å². The Balaban J connectivity index is 1.23. The molecule has 0 saturated carbocycles. The van der Waals surface area contributed by atoms with E-state index < -0.39 is 114 Å². The number of aliphatic imine (C=N–C) groups is 2. The van der Waals surface area contributed by atoms with Gasteiger partial charge in [-0.1, -0.05) is 183 Å². The summed E-state index contributed by atoms with van der Waals surface area (Å²) in [5.41, 5.74) is 29.4. The van der Waals surface area contributed by atoms with E-state index in [1.807, 2.05) is 56.3 Å². The number of ether oxygens (including phenoxy) is 4. The van der Waals surface area contributed by atoms with Gasteiger partial charge in [0.15, 0.2) is 11.9 Å². The molecule has 0 aliphatic carbocycles. The van der Waals surface area contributed by atoms with Crippen molar-refractivity contribution >= 4 is 87.7 Å². The number of nitrogens with two attached hydrogens (primary N) is 5. The molecule has 118 heavy (non-hydrogen) atoms. The van der Waals surface area contributed by atoms with Crippen LogP contribution in [0.2, 0.25) is 0 Å². The summed E-state index contributed by atoms with van der Waals surface area (Å²) in [5.74, 6) is -9.54. The van der Waals surface area contributed by atoms with Crippen LogP contribution in [0, 0.1) is 5.92 Å². The highest BCUT2D eigenvalue weighted by Gasteiger charge is 2.41. The minimum absolute atomic E-state index is 0.0154. The van der Waals surface area contributed by atoms with Crippen LogP contribution in [-0.4, -0.2) is 219 Å². The van der Waals surface area contributed by atoms with Crippen LogP contribution in [0.5, 0.6) is 5.75 Å². The molecule has 33 heteroatoms. The number of phenolic OH excluding ortho intramolecular Hbond substituents is 1. The number of hydrogen-bond donors (Lipinski definition) is 15. The maximum Gasteiger partial charge on any atom is 0.326 e. The lowest BCUT2D eigenvalue weighted by molar-refractivity contribution is -0.144. The third kappa shape index (κ3) is 40.6. The van der Waals surface area contributed by atoms with Crippen molar-refractivity contribution in [3.63, 3.8) is 0 Å². The van der Waals surface area contributed by atoms with Crippen LogP contribution in [0.15, 0.2) is 107 Å². The van der Waals surface area contributed by atoms with Crippen molar-refractivity contribution < 1.29 is 81.9 Å². The number of guanidine groups is 2. The van der Waals surface area contributed by atoms with E-state index in [-0.39, 0.29) is 140 Å². The fourth-order valence-corrected chi connectivity index (χ4v) is 13.6. The number of carboxylic acid groups (broad SMARTS) is 1. The lowest BCUT2D eigenvalue weighted by Crippen LogP contribution is -2.60. The summed E-state index contributed by atoms with van der Waals surface area (Å²) in [6.45, 7) is 8.37. The van der Waals surface area contributed by atoms with Gasteiger partial charge in [0.1, 0.15) is 54.1 Å². The van der Waals surface area contributed by atoms with Gasteiger partial charge < -0.3 is 105 Å². The summed E-state index contributed by atoms with van der Waals surface area (Å²) < 4.78 is 22.6. The van der Waals surface area contributed by atoms with E-state index in [1.165, 1.54) is 87.7 Å². The smallest absolute Gasteiger partial charge is 0.326 e. The number of nitrogens with zero attached hydrogens (tertiary/aromatic N) is 3. The standard InChI is InChI=1S/C85H130N16O17/c1-4-5-6-7-8-9-10-11-12-13-14-15-19-32-74(104)91-42-45-116-47-49-118-51-50-117-48-46-115-44-39-75(105)94-68(55-60-34-37-64(102)38-35-60)78(108)99-70(56-61-33-36-62-27-20-21-28-63(62)53-61)80(110)97-67(52-58(2)3)77(107)98-69(54-59-25-17-16-18-26-59)79(109)96-66(30-23-41-93-85(89)90)82(112)101-43-24-31-72(101)81(111)95-65(29-22-40-92-84(87)88)76(106)100-71(83(113)114)57-73(86)103/h16-18,20-21,25-28,33-38,53,58,65-72,102H,4-15,19,22-24,29-32,39-52,54-57H2,1-3H3,(H2,86,103)(H,91,104)(H,94,105)(H,95,111)(H,96,109)(H,97,110)(H,98,107)(H,99,108)(H,100,106)(H,113,114)(H4,87,88,92)(H4,89,90,93)/t65-,66-,67-,68-,69-,70-,71-,72-/m0/s1. The number of fused-ring (bicyclic) bond motifs is 1. The molecule has 0 spiro atoms. The molecule has 4 aromatic rings. The zero-order valence-electron chi connectivity index (χ0n) is 69.1. The molecule has 0 aromatic heterocycles. The molecule has 33 nitrogen and oxygen atoms in total. The number of hydrogen-bond acceptors (Lipinski definition) is 18. The van der Waals surface area contributed by atoms with E-state index in [2.05, 4.69) is 59.4 Å². The molecule has 0 bridgehead atoms. The Morgan fingerprint density at radius 2 is 0.924 bits per heavy atom. The van der Waals surface area contributed by atoms with Gasteiger partial charge in [-0.05, 0) is 96.9 Å². The Labute approximate surface area is 693 Å². The molecule has 8 atom stereocenters. The van der Waals surface area contributed by atoms with Gasteiger partial charge in [0.05, 0.1) is 59.3 Å². The number of rotatable bonds is 62. The molecule has 1 fully saturated rings. The fraction of sp³-hybridized carbons (Fsp3) is 0.588. The van der Waals surface area contributed by atoms with Gasteiger partial charge in [-0.2, -0.15) is 0 Å². The Morgan fingerprint density at radius 1 is 0.466 bits per heavy atom. The minimum Gasteiger partial charge on any atom is -0.508 e. The van der Waals surface area contributed by atoms with Crippen LogP contribution in [0.25, 0.3) is 10.8 Å². The minimum atomic E-state index is -1.74. The highest BCUT2D eigenvalue weighted by atomic mass is 16.6. The summed E-state index contributed by atoms with van der Waals surface area (Å²) in [7, 11) is 0. The number of amides is 10. The van der Waals surface area contributed by atoms with Crippen molar-refractivity contribution in [3.8, 4) is 5.75 Å². The molecule has 652 valence electrons. The lowest BCUT2D eigenvalue weighted by atomic mass is 9.98. The number of carbonyl (C=O) groups is 11. The van der Waals surface area contributed by atoms with Gasteiger partial charge in [0.25, 0.3) is 0 Å². The van der Waals surface area contributed by atoms with E-state index >= 15 is 19.2 Å². The fourth-order valence-electron chi connectivity index (χ4n) is 13.6. The molecular formula is C85H130N16O17. The number of nitrogens with one attached hydrogen (secondary N) is 8. The normalized spacial score (nSPS) is 14.3. The van der Waals surface area contributed by atoms with Gasteiger partial charge in [-0.15, -0.1) is 0 Å². The van der Waals surface area contributed by atoms with E-state index in [0.29, 0.717) is 62.5 Å². The van der Waals surface area contributed by atoms with Gasteiger partial charge in [0, 0.05) is 58.3 Å². The first-order valence-electron chi connectivity index (χ1n) is 41.7. The Hall–Kier alpha value is -10.5. The molecule has 0 radical (unpaired) electrons. The first kappa shape index (κ1) is 98.1. The maximum absolute atomic E-state index is 15.2. The van der Waals surface area contributed by atoms with Gasteiger partial charge in [-0.3, -0.25) is 57.9 Å². The first-order chi connectivity index (χ1) is 56.8. The number of aromatic hydroxyl groups is 1. The van der Waals surface area contributed by atoms with E-state index in [9.17, 15) is 43.8 Å². The molecule has 5 rings (SSSR count). The quantitative estimate of drug-likeness (QED) is 0.0168. The topological polar surface area (TPSA) is 519 Å². The van der Waals surface area contributed by atoms with Crippen LogP contribution < -0.4 is 71.2 Å². The monoisotopic (exact) mass is 1650 g/mol. The number of unbranched alkanes of at least 4 members (excludes halogenated alkanes) is 12. The lowest BCUT2D eigenvalue weighted by Gasteiger charge is -2.31. The molecule has 1 saturated heterocycles. The average Bonchev–Trinajstić information content (AvgIpc) is 1.54.